The highest BCUT2D eigenvalue weighted by Gasteiger charge is 2.37. The number of halogens is 2. The van der Waals surface area contributed by atoms with Crippen molar-refractivity contribution in [3.05, 3.63) is 58.9 Å². The maximum absolute atomic E-state index is 13.7. The summed E-state index contributed by atoms with van der Waals surface area (Å²) in [6.45, 7) is 0. The number of fused-ring (bicyclic) bond motifs is 3. The first-order chi connectivity index (χ1) is 11.5. The van der Waals surface area contributed by atoms with Gasteiger partial charge < -0.3 is 0 Å². The molecule has 2 aromatic carbocycles. The van der Waals surface area contributed by atoms with Crippen LogP contribution in [0.4, 0.5) is 10.1 Å². The van der Waals surface area contributed by atoms with E-state index in [1.807, 2.05) is 0 Å². The summed E-state index contributed by atoms with van der Waals surface area (Å²) in [5, 5.41) is 6.33. The van der Waals surface area contributed by atoms with E-state index in [0.29, 0.717) is 32.6 Å². The molecule has 0 radical (unpaired) electrons. The summed E-state index contributed by atoms with van der Waals surface area (Å²) >= 11 is 5.88. The molecule has 1 amide bonds. The van der Waals surface area contributed by atoms with E-state index in [4.69, 9.17) is 11.6 Å². The number of carbonyl (C=O) groups is 1. The molecule has 0 spiro atoms. The largest absolute Gasteiger partial charge is 0.273 e. The predicted octanol–water partition coefficient (Wildman–Crippen LogP) is 3.36. The van der Waals surface area contributed by atoms with Crippen molar-refractivity contribution < 1.29 is 13.4 Å². The van der Waals surface area contributed by atoms with Gasteiger partial charge in [-0.1, -0.05) is 11.6 Å². The molecule has 4 rings (SSSR count). The number of hydrogen-bond acceptors (Lipinski definition) is 3. The molecule has 4 nitrogen and oxygen atoms in total. The first kappa shape index (κ1) is 15.5. The van der Waals surface area contributed by atoms with E-state index in [-0.39, 0.29) is 18.2 Å². The van der Waals surface area contributed by atoms with E-state index >= 15 is 0 Å². The van der Waals surface area contributed by atoms with Crippen molar-refractivity contribution in [3.63, 3.8) is 0 Å². The molecule has 122 valence electrons. The van der Waals surface area contributed by atoms with Crippen molar-refractivity contribution in [1.82, 2.24) is 0 Å². The van der Waals surface area contributed by atoms with Crippen LogP contribution in [0, 0.1) is 11.7 Å². The number of amides is 1. The molecule has 0 bridgehead atoms. The smallest absolute Gasteiger partial charge is 0.248 e. The number of hydrazone groups is 1. The lowest BCUT2D eigenvalue weighted by Crippen LogP contribution is -2.41. The molecule has 2 atom stereocenters. The van der Waals surface area contributed by atoms with Crippen molar-refractivity contribution in [3.8, 4) is 0 Å². The van der Waals surface area contributed by atoms with Crippen LogP contribution in [0.25, 0.3) is 0 Å². The summed E-state index contributed by atoms with van der Waals surface area (Å²) < 4.78 is 26.0. The van der Waals surface area contributed by atoms with Crippen molar-refractivity contribution in [1.29, 1.82) is 0 Å². The molecular formula is C17H12ClFN2O2S. The zero-order valence-electron chi connectivity index (χ0n) is 12.4. The monoisotopic (exact) mass is 362 g/mol. The summed E-state index contributed by atoms with van der Waals surface area (Å²) in [6.07, 6.45) is 0.198. The van der Waals surface area contributed by atoms with Gasteiger partial charge in [0.2, 0.25) is 5.91 Å². The van der Waals surface area contributed by atoms with Crippen molar-refractivity contribution >= 4 is 39.7 Å². The quantitative estimate of drug-likeness (QED) is 0.781. The lowest BCUT2D eigenvalue weighted by molar-refractivity contribution is -0.119. The fourth-order valence-electron chi connectivity index (χ4n) is 3.01. The highest BCUT2D eigenvalue weighted by molar-refractivity contribution is 7.85. The summed E-state index contributed by atoms with van der Waals surface area (Å²) in [4.78, 5) is 13.0. The molecule has 0 saturated carbocycles. The highest BCUT2D eigenvalue weighted by Crippen LogP contribution is 2.33. The minimum absolute atomic E-state index is 0.178. The first-order valence-electron chi connectivity index (χ1n) is 7.38. The predicted molar refractivity (Wildman–Crippen MR) is 91.3 cm³/mol. The minimum Gasteiger partial charge on any atom is -0.273 e. The summed E-state index contributed by atoms with van der Waals surface area (Å²) in [5.74, 6) is -0.513. The van der Waals surface area contributed by atoms with Crippen LogP contribution < -0.4 is 5.01 Å². The SMILES string of the molecule is O=C1CC2CS(=O)c3ccc(F)cc3C2=NN1c1ccc(Cl)cc1. The Morgan fingerprint density at radius 2 is 1.96 bits per heavy atom. The maximum atomic E-state index is 13.7. The van der Waals surface area contributed by atoms with Gasteiger partial charge in [0.1, 0.15) is 5.82 Å². The highest BCUT2D eigenvalue weighted by atomic mass is 35.5. The van der Waals surface area contributed by atoms with Gasteiger partial charge in [0.15, 0.2) is 0 Å². The van der Waals surface area contributed by atoms with Crippen LogP contribution in [0.2, 0.25) is 5.02 Å². The van der Waals surface area contributed by atoms with Gasteiger partial charge in [-0.3, -0.25) is 9.00 Å². The maximum Gasteiger partial charge on any atom is 0.248 e. The second kappa shape index (κ2) is 5.79. The molecule has 2 aromatic rings. The number of hydrogen-bond donors (Lipinski definition) is 0. The number of nitrogens with zero attached hydrogens (tertiary/aromatic N) is 2. The first-order valence-corrected chi connectivity index (χ1v) is 9.08. The Morgan fingerprint density at radius 1 is 1.21 bits per heavy atom. The molecule has 7 heteroatoms. The number of benzene rings is 2. The fourth-order valence-corrected chi connectivity index (χ4v) is 4.58. The third-order valence-electron chi connectivity index (χ3n) is 4.14. The Balaban J connectivity index is 1.84. The molecule has 0 aromatic heterocycles. The fraction of sp³-hybridized carbons (Fsp3) is 0.176. The third-order valence-corrected chi connectivity index (χ3v) is 5.94. The molecule has 2 aliphatic rings. The molecule has 0 saturated heterocycles. The summed E-state index contributed by atoms with van der Waals surface area (Å²) in [5.41, 5.74) is 1.73. The van der Waals surface area contributed by atoms with Crippen LogP contribution in [0.3, 0.4) is 0 Å². The second-order valence-corrected chi connectivity index (χ2v) is 7.62. The number of carbonyl (C=O) groups excluding carboxylic acids is 1. The van der Waals surface area contributed by atoms with Crippen LogP contribution in [0.1, 0.15) is 12.0 Å². The van der Waals surface area contributed by atoms with E-state index in [1.165, 1.54) is 23.2 Å². The summed E-state index contributed by atoms with van der Waals surface area (Å²) in [7, 11) is -1.25. The van der Waals surface area contributed by atoms with Crippen LogP contribution in [0.15, 0.2) is 52.5 Å². The molecule has 0 fully saturated rings. The van der Waals surface area contributed by atoms with Crippen molar-refractivity contribution in [2.45, 2.75) is 11.3 Å². The zero-order chi connectivity index (χ0) is 16.8. The normalized spacial score (nSPS) is 22.7. The van der Waals surface area contributed by atoms with Gasteiger partial charge in [-0.25, -0.2) is 9.40 Å². The Hall–Kier alpha value is -2.05. The zero-order valence-corrected chi connectivity index (χ0v) is 14.0. The van der Waals surface area contributed by atoms with Gasteiger partial charge in [-0.15, -0.1) is 0 Å². The van der Waals surface area contributed by atoms with Gasteiger partial charge in [-0.2, -0.15) is 5.10 Å². The molecule has 0 N–H and O–H groups in total. The number of anilines is 1. The van der Waals surface area contributed by atoms with Gasteiger partial charge in [0.25, 0.3) is 0 Å². The lowest BCUT2D eigenvalue weighted by atomic mass is 9.93. The van der Waals surface area contributed by atoms with E-state index < -0.39 is 16.6 Å². The van der Waals surface area contributed by atoms with Crippen LogP contribution in [0.5, 0.6) is 0 Å². The van der Waals surface area contributed by atoms with Gasteiger partial charge in [0.05, 0.1) is 22.2 Å². The second-order valence-electron chi connectivity index (χ2n) is 5.72. The van der Waals surface area contributed by atoms with E-state index in [1.54, 1.807) is 24.3 Å². The van der Waals surface area contributed by atoms with Crippen LogP contribution in [-0.2, 0) is 15.6 Å². The summed E-state index contributed by atoms with van der Waals surface area (Å²) in [6, 6.07) is 10.9. The molecule has 24 heavy (non-hydrogen) atoms. The van der Waals surface area contributed by atoms with Gasteiger partial charge in [-0.05, 0) is 42.5 Å². The topological polar surface area (TPSA) is 49.7 Å². The van der Waals surface area contributed by atoms with Crippen LogP contribution >= 0.6 is 11.6 Å². The average molecular weight is 363 g/mol. The Labute approximate surface area is 145 Å². The average Bonchev–Trinajstić information content (AvgIpc) is 2.55. The number of rotatable bonds is 1. The molecule has 2 unspecified atom stereocenters. The lowest BCUT2D eigenvalue weighted by Gasteiger charge is -2.32. The van der Waals surface area contributed by atoms with Gasteiger partial charge in [0, 0.05) is 33.6 Å². The van der Waals surface area contributed by atoms with Crippen LogP contribution in [-0.4, -0.2) is 21.6 Å². The van der Waals surface area contributed by atoms with Gasteiger partial charge >= 0.3 is 0 Å². The molecular weight excluding hydrogens is 351 g/mol. The minimum atomic E-state index is -1.25. The molecule has 0 aliphatic carbocycles. The third kappa shape index (κ3) is 2.56. The Morgan fingerprint density at radius 3 is 2.71 bits per heavy atom. The van der Waals surface area contributed by atoms with E-state index in [9.17, 15) is 13.4 Å². The van der Waals surface area contributed by atoms with E-state index in [2.05, 4.69) is 5.10 Å². The van der Waals surface area contributed by atoms with E-state index in [0.717, 1.165) is 0 Å². The molecule has 2 heterocycles. The van der Waals surface area contributed by atoms with Crippen molar-refractivity contribution in [2.24, 2.45) is 11.0 Å². The molecule has 2 aliphatic heterocycles. The Kier molecular flexibility index (Phi) is 3.73. The van der Waals surface area contributed by atoms with Crippen molar-refractivity contribution in [2.75, 3.05) is 10.8 Å². The standard InChI is InChI=1S/C17H12ClFN2O2S/c18-11-1-4-13(5-2-11)21-16(22)7-10-9-24(23)15-6-3-12(19)8-14(15)17(10)20-21/h1-6,8,10H,7,9H2. The Bertz CT molecular complexity index is 898.